The topological polar surface area (TPSA) is 189 Å². The molecule has 10 rings (SSSR count). The molecule has 65 heavy (non-hydrogen) atoms. The normalized spacial score (nSPS) is 24.8. The minimum atomic E-state index is -1.06. The Hall–Kier alpha value is -6.06. The highest BCUT2D eigenvalue weighted by molar-refractivity contribution is 6.12. The monoisotopic (exact) mass is 885 g/mol. The molecular formula is C51H55N3O11. The van der Waals surface area contributed by atoms with Crippen LogP contribution in [0.1, 0.15) is 83.4 Å². The number of anilines is 1. The summed E-state index contributed by atoms with van der Waals surface area (Å²) in [5.41, 5.74) is 7.63. The van der Waals surface area contributed by atoms with Gasteiger partial charge in [-0.3, -0.25) is 19.8 Å². The summed E-state index contributed by atoms with van der Waals surface area (Å²) >= 11 is 0. The maximum absolute atomic E-state index is 12.7. The van der Waals surface area contributed by atoms with Gasteiger partial charge >= 0.3 is 0 Å². The highest BCUT2D eigenvalue weighted by Gasteiger charge is 2.53. The lowest BCUT2D eigenvalue weighted by atomic mass is 9.51. The summed E-state index contributed by atoms with van der Waals surface area (Å²) < 4.78 is 30.8. The molecule has 0 bridgehead atoms. The number of methoxy groups -OCH3 is 2. The molecule has 3 aliphatic carbocycles. The third kappa shape index (κ3) is 6.91. The zero-order valence-electron chi connectivity index (χ0n) is 36.8. The number of aliphatic hydroxyl groups is 3. The number of benzene rings is 4. The van der Waals surface area contributed by atoms with E-state index >= 15 is 0 Å². The number of rotatable bonds is 14. The van der Waals surface area contributed by atoms with Crippen molar-refractivity contribution in [3.8, 4) is 45.6 Å². The maximum Gasteiger partial charge on any atom is 0.253 e. The molecule has 4 aromatic rings. The fourth-order valence-electron chi connectivity index (χ4n) is 11.8. The molecule has 7 atom stereocenters. The second-order valence-corrected chi connectivity index (χ2v) is 17.9. The smallest absolute Gasteiger partial charge is 0.253 e. The van der Waals surface area contributed by atoms with E-state index in [4.69, 9.17) is 23.7 Å². The number of nitrogens with zero attached hydrogens (tertiary/aromatic N) is 1. The number of carbonyl (C=O) groups excluding carboxylic acids is 2. The predicted octanol–water partition coefficient (Wildman–Crippen LogP) is 6.04. The van der Waals surface area contributed by atoms with Crippen molar-refractivity contribution in [3.63, 3.8) is 0 Å². The number of imide groups is 1. The van der Waals surface area contributed by atoms with Gasteiger partial charge in [-0.25, -0.2) is 0 Å². The van der Waals surface area contributed by atoms with Gasteiger partial charge in [0.05, 0.1) is 45.7 Å². The van der Waals surface area contributed by atoms with Crippen molar-refractivity contribution in [2.24, 2.45) is 17.8 Å². The second-order valence-electron chi connectivity index (χ2n) is 17.9. The van der Waals surface area contributed by atoms with Crippen LogP contribution in [-0.2, 0) is 27.8 Å². The zero-order chi connectivity index (χ0) is 45.1. The fourth-order valence-corrected chi connectivity index (χ4v) is 11.8. The van der Waals surface area contributed by atoms with Crippen LogP contribution < -0.4 is 34.3 Å². The van der Waals surface area contributed by atoms with E-state index in [9.17, 15) is 30.0 Å². The predicted molar refractivity (Wildman–Crippen MR) is 241 cm³/mol. The molecule has 2 amide bonds. The number of allylic oxidation sites excluding steroid dienone is 1. The zero-order valence-corrected chi connectivity index (χ0v) is 36.8. The molecule has 1 fully saturated rings. The Balaban J connectivity index is 0.979. The molecule has 14 nitrogen and oxygen atoms in total. The van der Waals surface area contributed by atoms with Crippen molar-refractivity contribution in [2.75, 3.05) is 59.2 Å². The average molecular weight is 886 g/mol. The number of hydrogen-bond donors (Lipinski definition) is 6. The SMILES string of the molecule is CCNCOc1cc(OC)c2c3c1[C@@H](O)Nc1cc4c(c(c1-3)CC2)[C@@H](O)[C@H](c1cc(OC)c(O)c(OC[C@H](CO)[C@]23CCC[C@H](CN5C(=O)C=CC5=O)[C@H]2C=Cc2ccccc23)c1)CO4. The van der Waals surface area contributed by atoms with Gasteiger partial charge in [-0.05, 0) is 78.5 Å². The lowest BCUT2D eigenvalue weighted by molar-refractivity contribution is -0.138. The number of carbonyl (C=O) groups is 2. The highest BCUT2D eigenvalue weighted by Crippen LogP contribution is 2.59. The number of phenolic OH excluding ortho intramolecular Hbond substituents is 1. The largest absolute Gasteiger partial charge is 0.502 e. The number of aliphatic hydroxyl groups excluding tert-OH is 3. The molecule has 0 spiro atoms. The van der Waals surface area contributed by atoms with Gasteiger partial charge in [0.1, 0.15) is 24.0 Å². The lowest BCUT2D eigenvalue weighted by Crippen LogP contribution is -2.54. The Labute approximate surface area is 377 Å². The first-order chi connectivity index (χ1) is 31.6. The van der Waals surface area contributed by atoms with Crippen molar-refractivity contribution in [1.82, 2.24) is 10.2 Å². The molecule has 0 aromatic heterocycles. The number of amides is 2. The van der Waals surface area contributed by atoms with Gasteiger partial charge in [-0.1, -0.05) is 49.8 Å². The van der Waals surface area contributed by atoms with Gasteiger partial charge < -0.3 is 49.4 Å². The van der Waals surface area contributed by atoms with E-state index in [1.54, 1.807) is 19.2 Å². The van der Waals surface area contributed by atoms with Crippen LogP contribution in [-0.4, -0.2) is 91.0 Å². The molecule has 340 valence electrons. The van der Waals surface area contributed by atoms with Crippen LogP contribution in [0.15, 0.2) is 66.8 Å². The van der Waals surface area contributed by atoms with E-state index in [0.717, 1.165) is 52.6 Å². The van der Waals surface area contributed by atoms with Gasteiger partial charge in [0.15, 0.2) is 17.7 Å². The van der Waals surface area contributed by atoms with Gasteiger partial charge in [-0.15, -0.1) is 0 Å². The Morgan fingerprint density at radius 2 is 1.69 bits per heavy atom. The number of nitrogens with one attached hydrogen (secondary N) is 2. The molecule has 3 aliphatic heterocycles. The average Bonchev–Trinajstić information content (AvgIpc) is 3.63. The minimum Gasteiger partial charge on any atom is -0.502 e. The molecule has 0 saturated heterocycles. The molecule has 0 radical (unpaired) electrons. The Kier molecular flexibility index (Phi) is 11.2. The minimum absolute atomic E-state index is 0.0261. The number of fused-ring (bicyclic) bond motifs is 5. The fraction of sp³-hybridized carbons (Fsp3) is 0.412. The number of ether oxygens (including phenoxy) is 5. The number of hydrogen-bond acceptors (Lipinski definition) is 13. The lowest BCUT2D eigenvalue weighted by Gasteiger charge is -2.54. The summed E-state index contributed by atoms with van der Waals surface area (Å²) in [6.07, 6.45) is 8.35. The van der Waals surface area contributed by atoms with Crippen molar-refractivity contribution < 1.29 is 53.7 Å². The van der Waals surface area contributed by atoms with E-state index in [0.29, 0.717) is 59.0 Å². The maximum atomic E-state index is 12.7. The third-order valence-corrected chi connectivity index (χ3v) is 14.8. The van der Waals surface area contributed by atoms with Crippen molar-refractivity contribution in [1.29, 1.82) is 0 Å². The summed E-state index contributed by atoms with van der Waals surface area (Å²) in [6, 6.07) is 15.2. The van der Waals surface area contributed by atoms with Crippen LogP contribution >= 0.6 is 0 Å². The van der Waals surface area contributed by atoms with E-state index in [1.165, 1.54) is 24.2 Å². The molecule has 6 N–H and O–H groups in total. The van der Waals surface area contributed by atoms with E-state index in [-0.39, 0.29) is 74.0 Å². The van der Waals surface area contributed by atoms with Gasteiger partial charge in [0, 0.05) is 76.0 Å². The van der Waals surface area contributed by atoms with Crippen LogP contribution in [0, 0.1) is 17.8 Å². The first-order valence-corrected chi connectivity index (χ1v) is 22.6. The van der Waals surface area contributed by atoms with Gasteiger partial charge in [0.2, 0.25) is 5.75 Å². The molecule has 14 heteroatoms. The van der Waals surface area contributed by atoms with E-state index < -0.39 is 29.6 Å². The Bertz CT molecular complexity index is 2610. The van der Waals surface area contributed by atoms with Gasteiger partial charge in [0.25, 0.3) is 11.8 Å². The number of phenols is 1. The molecular weight excluding hydrogens is 831 g/mol. The summed E-state index contributed by atoms with van der Waals surface area (Å²) in [7, 11) is 3.09. The third-order valence-electron chi connectivity index (χ3n) is 14.8. The molecule has 4 aromatic carbocycles. The van der Waals surface area contributed by atoms with Gasteiger partial charge in [-0.2, -0.15) is 0 Å². The van der Waals surface area contributed by atoms with Crippen LogP contribution in [0.25, 0.3) is 17.2 Å². The standard InChI is InChI=1S/C51H55N3O11/c1-4-52-26-65-39-21-37(61-2)31-12-13-32-44-36(53-50(60)47(39)46(31)44)20-38-45(32)48(58)33(25-64-38)29-18-40(62-3)49(59)41(19-29)63-24-30(23-55)51-17-7-9-28(22-54-42(56)15-16-43(54)57)35(51)14-11-27-8-5-6-10-34(27)51/h5-6,8,10-11,14-16,18-21,28,30,33,35,48,50,52-53,55,58-60H,4,7,9,12-13,17,22-26H2,1-3H3/t28-,30+,33+,35-,48+,50-,51+/m1/s1. The first-order valence-electron chi connectivity index (χ1n) is 22.6. The van der Waals surface area contributed by atoms with Crippen LogP contribution in [0.3, 0.4) is 0 Å². The first kappa shape index (κ1) is 42.9. The molecule has 3 heterocycles. The molecule has 6 aliphatic rings. The Morgan fingerprint density at radius 1 is 0.923 bits per heavy atom. The van der Waals surface area contributed by atoms with Crippen LogP contribution in [0.2, 0.25) is 0 Å². The summed E-state index contributed by atoms with van der Waals surface area (Å²) in [5.74, 6) is -0.106. The van der Waals surface area contributed by atoms with Crippen molar-refractivity contribution in [3.05, 3.63) is 106 Å². The van der Waals surface area contributed by atoms with Crippen LogP contribution in [0.5, 0.6) is 34.5 Å². The number of aromatic hydroxyl groups is 1. The quantitative estimate of drug-likeness (QED) is 0.0489. The Morgan fingerprint density at radius 3 is 2.46 bits per heavy atom. The van der Waals surface area contributed by atoms with Crippen molar-refractivity contribution >= 4 is 23.6 Å². The van der Waals surface area contributed by atoms with E-state index in [1.807, 2.05) is 31.2 Å². The second kappa shape index (κ2) is 17.1. The highest BCUT2D eigenvalue weighted by atomic mass is 16.5. The summed E-state index contributed by atoms with van der Waals surface area (Å²) in [5, 5.41) is 53.4. The molecule has 1 saturated carbocycles. The summed E-state index contributed by atoms with van der Waals surface area (Å²) in [4.78, 5) is 26.8. The summed E-state index contributed by atoms with van der Waals surface area (Å²) in [6.45, 7) is 3.12. The van der Waals surface area contributed by atoms with Crippen molar-refractivity contribution in [2.45, 2.75) is 62.7 Å². The molecule has 0 unspecified atom stereocenters. The van der Waals surface area contributed by atoms with E-state index in [2.05, 4.69) is 34.9 Å². The van der Waals surface area contributed by atoms with Crippen LogP contribution in [0.4, 0.5) is 5.69 Å².